The minimum atomic E-state index is -0.788. The first-order chi connectivity index (χ1) is 23.1. The summed E-state index contributed by atoms with van der Waals surface area (Å²) < 4.78 is 10.6. The van der Waals surface area contributed by atoms with E-state index in [1.165, 1.54) is 70.6 Å². The molecule has 0 aromatic heterocycles. The monoisotopic (exact) mass is 657 g/mol. The van der Waals surface area contributed by atoms with Crippen LogP contribution in [0.2, 0.25) is 0 Å². The number of unbranched alkanes of at least 4 members (excludes halogenated alkanes) is 16. The molecule has 0 amide bonds. The van der Waals surface area contributed by atoms with E-state index in [1.54, 1.807) is 0 Å². The molecule has 0 heterocycles. The Balaban J connectivity index is 3.65. The standard InChI is InChI=1S/C42H72O5/c1-3-5-7-9-11-13-15-17-19-20-21-22-23-25-27-29-31-33-35-37-42(45)47-40(38-43)39-46-41(44)36-34-32-30-28-26-24-18-16-14-12-10-8-6-4-2/h5,7,11,13,17,19,21-22,25,27,40,43H,3-4,6,8-10,12,14-16,18,20,23-24,26,28-39H2,1-2H3/b7-5+,13-11+,19-17+,22-21+,27-25+/t40-/m0/s1. The van der Waals surface area contributed by atoms with Crippen LogP contribution in [0.15, 0.2) is 60.8 Å². The molecule has 1 N–H and O–H groups in total. The highest BCUT2D eigenvalue weighted by molar-refractivity contribution is 5.70. The largest absolute Gasteiger partial charge is 0.462 e. The van der Waals surface area contributed by atoms with Gasteiger partial charge in [0.25, 0.3) is 0 Å². The molecule has 0 aliphatic carbocycles. The van der Waals surface area contributed by atoms with Gasteiger partial charge in [-0.1, -0.05) is 164 Å². The average Bonchev–Trinajstić information content (AvgIpc) is 3.07. The van der Waals surface area contributed by atoms with Gasteiger partial charge in [0.2, 0.25) is 0 Å². The lowest BCUT2D eigenvalue weighted by atomic mass is 10.0. The van der Waals surface area contributed by atoms with Crippen molar-refractivity contribution in [2.24, 2.45) is 0 Å². The Morgan fingerprint density at radius 3 is 1.38 bits per heavy atom. The summed E-state index contributed by atoms with van der Waals surface area (Å²) in [5.41, 5.74) is 0. The van der Waals surface area contributed by atoms with Crippen LogP contribution in [-0.4, -0.2) is 36.4 Å². The summed E-state index contributed by atoms with van der Waals surface area (Å²) in [4.78, 5) is 24.2. The molecule has 0 unspecified atom stereocenters. The first kappa shape index (κ1) is 44.6. The van der Waals surface area contributed by atoms with Crippen LogP contribution in [0.1, 0.15) is 174 Å². The number of aliphatic hydroxyl groups excluding tert-OH is 1. The predicted octanol–water partition coefficient (Wildman–Crippen LogP) is 12.0. The summed E-state index contributed by atoms with van der Waals surface area (Å²) in [7, 11) is 0. The fraction of sp³-hybridized carbons (Fsp3) is 0.714. The van der Waals surface area contributed by atoms with Gasteiger partial charge in [-0.2, -0.15) is 0 Å². The molecule has 0 fully saturated rings. The maximum atomic E-state index is 12.2. The molecule has 0 bridgehead atoms. The maximum absolute atomic E-state index is 12.2. The van der Waals surface area contributed by atoms with Crippen molar-refractivity contribution in [3.63, 3.8) is 0 Å². The topological polar surface area (TPSA) is 72.8 Å². The molecule has 0 radical (unpaired) electrons. The number of hydrogen-bond donors (Lipinski definition) is 1. The summed E-state index contributed by atoms with van der Waals surface area (Å²) in [5.74, 6) is -0.629. The highest BCUT2D eigenvalue weighted by Crippen LogP contribution is 2.14. The third-order valence-corrected chi connectivity index (χ3v) is 8.08. The molecular weight excluding hydrogens is 584 g/mol. The van der Waals surface area contributed by atoms with Gasteiger partial charge in [0.05, 0.1) is 6.61 Å². The molecule has 0 aromatic carbocycles. The van der Waals surface area contributed by atoms with Crippen LogP contribution in [0.25, 0.3) is 0 Å². The van der Waals surface area contributed by atoms with E-state index in [1.807, 2.05) is 0 Å². The van der Waals surface area contributed by atoms with Gasteiger partial charge >= 0.3 is 11.9 Å². The highest BCUT2D eigenvalue weighted by atomic mass is 16.6. The number of aliphatic hydroxyl groups is 1. The fourth-order valence-electron chi connectivity index (χ4n) is 5.17. The fourth-order valence-corrected chi connectivity index (χ4v) is 5.17. The third kappa shape index (κ3) is 36.3. The van der Waals surface area contributed by atoms with E-state index >= 15 is 0 Å². The van der Waals surface area contributed by atoms with Gasteiger partial charge < -0.3 is 14.6 Å². The van der Waals surface area contributed by atoms with Gasteiger partial charge in [-0.25, -0.2) is 0 Å². The van der Waals surface area contributed by atoms with Gasteiger partial charge in [-0.05, 0) is 57.8 Å². The van der Waals surface area contributed by atoms with Gasteiger partial charge in [-0.3, -0.25) is 9.59 Å². The summed E-state index contributed by atoms with van der Waals surface area (Å²) in [6.45, 7) is 3.99. The van der Waals surface area contributed by atoms with E-state index in [4.69, 9.17) is 9.47 Å². The summed E-state index contributed by atoms with van der Waals surface area (Å²) >= 11 is 0. The zero-order valence-corrected chi connectivity index (χ0v) is 30.5. The third-order valence-electron chi connectivity index (χ3n) is 8.08. The first-order valence-electron chi connectivity index (χ1n) is 19.3. The molecule has 0 saturated heterocycles. The van der Waals surface area contributed by atoms with Crippen molar-refractivity contribution < 1.29 is 24.2 Å². The number of allylic oxidation sites excluding steroid dienone is 10. The number of hydrogen-bond acceptors (Lipinski definition) is 5. The molecule has 0 aliphatic heterocycles. The number of carbonyl (C=O) groups excluding carboxylic acids is 2. The minimum Gasteiger partial charge on any atom is -0.462 e. The SMILES string of the molecule is CC/C=C/C/C=C/C/C=C/C/C=C/C/C=C/CCCCCC(=O)O[C@@H](CO)COC(=O)CCCCCCCCCCCCCCCC. The number of rotatable bonds is 34. The Hall–Kier alpha value is -2.40. The van der Waals surface area contributed by atoms with Crippen LogP contribution in [0.5, 0.6) is 0 Å². The molecule has 47 heavy (non-hydrogen) atoms. The summed E-state index contributed by atoms with van der Waals surface area (Å²) in [5, 5.41) is 9.54. The lowest BCUT2D eigenvalue weighted by Gasteiger charge is -2.15. The first-order valence-corrected chi connectivity index (χ1v) is 19.3. The van der Waals surface area contributed by atoms with Crippen LogP contribution in [0.3, 0.4) is 0 Å². The van der Waals surface area contributed by atoms with Crippen LogP contribution >= 0.6 is 0 Å². The second-order valence-corrected chi connectivity index (χ2v) is 12.6. The number of esters is 2. The molecule has 5 heteroatoms. The smallest absolute Gasteiger partial charge is 0.306 e. The van der Waals surface area contributed by atoms with E-state index in [2.05, 4.69) is 74.6 Å². The van der Waals surface area contributed by atoms with Crippen molar-refractivity contribution in [2.45, 2.75) is 180 Å². The lowest BCUT2D eigenvalue weighted by molar-refractivity contribution is -0.161. The second kappa shape index (κ2) is 38.1. The van der Waals surface area contributed by atoms with Crippen LogP contribution < -0.4 is 0 Å². The number of carbonyl (C=O) groups is 2. The maximum Gasteiger partial charge on any atom is 0.306 e. The quantitative estimate of drug-likeness (QED) is 0.0424. The van der Waals surface area contributed by atoms with E-state index in [0.29, 0.717) is 12.8 Å². The molecular formula is C42H72O5. The van der Waals surface area contributed by atoms with E-state index in [-0.39, 0.29) is 25.2 Å². The highest BCUT2D eigenvalue weighted by Gasteiger charge is 2.16. The lowest BCUT2D eigenvalue weighted by Crippen LogP contribution is -2.28. The molecule has 0 aliphatic rings. The summed E-state index contributed by atoms with van der Waals surface area (Å²) in [6.07, 6.45) is 48.5. The zero-order chi connectivity index (χ0) is 34.3. The molecule has 0 saturated carbocycles. The zero-order valence-electron chi connectivity index (χ0n) is 30.5. The Bertz CT molecular complexity index is 838. The van der Waals surface area contributed by atoms with Gasteiger partial charge in [0.15, 0.2) is 6.10 Å². The van der Waals surface area contributed by atoms with Crippen molar-refractivity contribution in [1.82, 2.24) is 0 Å². The van der Waals surface area contributed by atoms with E-state index < -0.39 is 6.10 Å². The molecule has 270 valence electrons. The Morgan fingerprint density at radius 1 is 0.511 bits per heavy atom. The minimum absolute atomic E-state index is 0.0796. The van der Waals surface area contributed by atoms with Gasteiger partial charge in [0, 0.05) is 12.8 Å². The predicted molar refractivity (Wildman–Crippen MR) is 200 cm³/mol. The number of ether oxygens (including phenoxy) is 2. The second-order valence-electron chi connectivity index (χ2n) is 12.6. The molecule has 0 spiro atoms. The van der Waals surface area contributed by atoms with Crippen LogP contribution in [0, 0.1) is 0 Å². The van der Waals surface area contributed by atoms with Crippen molar-refractivity contribution in [3.05, 3.63) is 60.8 Å². The average molecular weight is 657 g/mol. The van der Waals surface area contributed by atoms with Gasteiger partial charge in [-0.15, -0.1) is 0 Å². The normalized spacial score (nSPS) is 12.8. The Kier molecular flexibility index (Phi) is 36.1. The molecule has 0 aromatic rings. The molecule has 1 atom stereocenters. The van der Waals surface area contributed by atoms with Crippen molar-refractivity contribution >= 4 is 11.9 Å². The Morgan fingerprint density at radius 2 is 0.915 bits per heavy atom. The van der Waals surface area contributed by atoms with Crippen molar-refractivity contribution in [2.75, 3.05) is 13.2 Å². The molecule has 5 nitrogen and oxygen atoms in total. The Labute approximate surface area is 290 Å². The van der Waals surface area contributed by atoms with Crippen molar-refractivity contribution in [1.29, 1.82) is 0 Å². The van der Waals surface area contributed by atoms with Crippen LogP contribution in [0.4, 0.5) is 0 Å². The van der Waals surface area contributed by atoms with Crippen LogP contribution in [-0.2, 0) is 19.1 Å². The van der Waals surface area contributed by atoms with E-state index in [0.717, 1.165) is 77.0 Å². The van der Waals surface area contributed by atoms with Gasteiger partial charge in [0.1, 0.15) is 6.61 Å². The van der Waals surface area contributed by atoms with Crippen molar-refractivity contribution in [3.8, 4) is 0 Å². The van der Waals surface area contributed by atoms with E-state index in [9.17, 15) is 14.7 Å². The molecule has 0 rings (SSSR count). The summed E-state index contributed by atoms with van der Waals surface area (Å²) in [6, 6.07) is 0.